The number of hydrogen-bond donors (Lipinski definition) is 3. The maximum atomic E-state index is 14.3. The molecule has 142 valence electrons. The number of nitrogens with one attached hydrogen (secondary N) is 2. The SMILES string of the molecule is N[C@H](Nc1cc(F)c(S(=O)(=O)Nc2nccs2)c(F)c1)c1ccccc1F. The standard InChI is InChI=1S/C16H13F3N4O2S2/c17-11-4-2-1-3-10(11)15(20)22-9-7-12(18)14(13(19)8-9)27(24,25)23-16-21-5-6-26-16/h1-8,15,22H,20H2,(H,21,23)/t15-/m1/s1. The van der Waals surface area contributed by atoms with Crippen molar-refractivity contribution in [3.05, 3.63) is 71.0 Å². The molecular formula is C16H13F3N4O2S2. The number of thiazole rings is 1. The van der Waals surface area contributed by atoms with Gasteiger partial charge in [-0.15, -0.1) is 11.3 Å². The Morgan fingerprint density at radius 2 is 1.74 bits per heavy atom. The predicted octanol–water partition coefficient (Wildman–Crippen LogP) is 3.43. The van der Waals surface area contributed by atoms with Crippen LogP contribution < -0.4 is 15.8 Å². The second-order valence-electron chi connectivity index (χ2n) is 5.36. The van der Waals surface area contributed by atoms with Gasteiger partial charge in [0.2, 0.25) is 0 Å². The van der Waals surface area contributed by atoms with E-state index in [1.807, 2.05) is 4.72 Å². The second-order valence-corrected chi connectivity index (χ2v) is 7.87. The summed E-state index contributed by atoms with van der Waals surface area (Å²) in [5, 5.41) is 4.01. The summed E-state index contributed by atoms with van der Waals surface area (Å²) in [7, 11) is -4.52. The Morgan fingerprint density at radius 3 is 2.33 bits per heavy atom. The van der Waals surface area contributed by atoms with E-state index in [0.717, 1.165) is 23.5 Å². The lowest BCUT2D eigenvalue weighted by Crippen LogP contribution is -2.22. The van der Waals surface area contributed by atoms with E-state index in [0.29, 0.717) is 0 Å². The van der Waals surface area contributed by atoms with Gasteiger partial charge in [0.25, 0.3) is 10.0 Å². The maximum absolute atomic E-state index is 14.3. The fourth-order valence-corrected chi connectivity index (χ4v) is 4.23. The molecule has 0 aliphatic heterocycles. The van der Waals surface area contributed by atoms with Crippen LogP contribution >= 0.6 is 11.3 Å². The topological polar surface area (TPSA) is 97.1 Å². The first-order chi connectivity index (χ1) is 12.8. The van der Waals surface area contributed by atoms with Crippen LogP contribution in [0, 0.1) is 17.5 Å². The predicted molar refractivity (Wildman–Crippen MR) is 96.2 cm³/mol. The number of anilines is 2. The third kappa shape index (κ3) is 4.21. The number of sulfonamides is 1. The molecule has 0 aliphatic carbocycles. The Labute approximate surface area is 156 Å². The van der Waals surface area contributed by atoms with Crippen molar-refractivity contribution in [2.24, 2.45) is 5.73 Å². The largest absolute Gasteiger partial charge is 0.366 e. The molecule has 4 N–H and O–H groups in total. The molecule has 1 aromatic heterocycles. The molecule has 3 aromatic rings. The van der Waals surface area contributed by atoms with E-state index in [1.165, 1.54) is 29.8 Å². The second kappa shape index (κ2) is 7.55. The molecule has 0 spiro atoms. The molecule has 1 heterocycles. The summed E-state index contributed by atoms with van der Waals surface area (Å²) in [5.41, 5.74) is 5.75. The summed E-state index contributed by atoms with van der Waals surface area (Å²) < 4.78 is 68.9. The molecule has 0 unspecified atom stereocenters. The van der Waals surface area contributed by atoms with Crippen LogP contribution in [0.5, 0.6) is 0 Å². The Bertz CT molecular complexity index is 1040. The zero-order valence-electron chi connectivity index (χ0n) is 13.5. The molecule has 1 atom stereocenters. The first kappa shape index (κ1) is 19.1. The summed E-state index contributed by atoms with van der Waals surface area (Å²) >= 11 is 0.956. The lowest BCUT2D eigenvalue weighted by molar-refractivity contribution is 0.521. The molecule has 0 radical (unpaired) electrons. The van der Waals surface area contributed by atoms with E-state index in [4.69, 9.17) is 5.73 Å². The molecule has 0 saturated heterocycles. The van der Waals surface area contributed by atoms with E-state index in [1.54, 1.807) is 6.07 Å². The van der Waals surface area contributed by atoms with Gasteiger partial charge in [-0.25, -0.2) is 26.6 Å². The first-order valence-corrected chi connectivity index (χ1v) is 9.82. The Kier molecular flexibility index (Phi) is 5.35. The Morgan fingerprint density at radius 1 is 1.07 bits per heavy atom. The lowest BCUT2D eigenvalue weighted by Gasteiger charge is -2.17. The summed E-state index contributed by atoms with van der Waals surface area (Å²) in [6.07, 6.45) is 0.243. The van der Waals surface area contributed by atoms with Gasteiger partial charge in [-0.2, -0.15) is 0 Å². The quantitative estimate of drug-likeness (QED) is 0.537. The average Bonchev–Trinajstić information content (AvgIpc) is 3.06. The third-order valence-electron chi connectivity index (χ3n) is 3.48. The normalized spacial score (nSPS) is 12.6. The molecule has 0 fully saturated rings. The van der Waals surface area contributed by atoms with E-state index < -0.39 is 38.5 Å². The maximum Gasteiger partial charge on any atom is 0.269 e. The van der Waals surface area contributed by atoms with Crippen LogP contribution in [0.25, 0.3) is 0 Å². The van der Waals surface area contributed by atoms with E-state index in [-0.39, 0.29) is 16.4 Å². The van der Waals surface area contributed by atoms with Crippen molar-refractivity contribution >= 4 is 32.2 Å². The molecule has 0 saturated carbocycles. The van der Waals surface area contributed by atoms with Gasteiger partial charge >= 0.3 is 0 Å². The fourth-order valence-electron chi connectivity index (χ4n) is 2.32. The van der Waals surface area contributed by atoms with Gasteiger partial charge in [-0.1, -0.05) is 18.2 Å². The first-order valence-electron chi connectivity index (χ1n) is 7.46. The van der Waals surface area contributed by atoms with Gasteiger partial charge in [0.15, 0.2) is 10.0 Å². The molecule has 0 amide bonds. The van der Waals surface area contributed by atoms with Gasteiger partial charge in [0.1, 0.15) is 23.6 Å². The molecule has 27 heavy (non-hydrogen) atoms. The molecule has 6 nitrogen and oxygen atoms in total. The van der Waals surface area contributed by atoms with Crippen LogP contribution in [0.15, 0.2) is 52.9 Å². The van der Waals surface area contributed by atoms with Crippen LogP contribution in [-0.4, -0.2) is 13.4 Å². The van der Waals surface area contributed by atoms with E-state index in [2.05, 4.69) is 10.3 Å². The average molecular weight is 414 g/mol. The van der Waals surface area contributed by atoms with Crippen molar-refractivity contribution < 1.29 is 21.6 Å². The summed E-state index contributed by atoms with van der Waals surface area (Å²) in [4.78, 5) is 2.55. The summed E-state index contributed by atoms with van der Waals surface area (Å²) in [5.74, 6) is -3.25. The number of nitrogens with two attached hydrogens (primary N) is 1. The molecule has 11 heteroatoms. The van der Waals surface area contributed by atoms with Crippen molar-refractivity contribution in [2.75, 3.05) is 10.0 Å². The molecule has 2 aromatic carbocycles. The van der Waals surface area contributed by atoms with Gasteiger partial charge in [-0.3, -0.25) is 4.72 Å². The third-order valence-corrected chi connectivity index (χ3v) is 5.69. The molecular weight excluding hydrogens is 401 g/mol. The minimum absolute atomic E-state index is 0.0300. The van der Waals surface area contributed by atoms with Crippen molar-refractivity contribution in [3.8, 4) is 0 Å². The number of rotatable bonds is 6. The van der Waals surface area contributed by atoms with Gasteiger partial charge in [0, 0.05) is 22.8 Å². The molecule has 0 bridgehead atoms. The number of hydrogen-bond acceptors (Lipinski definition) is 6. The number of nitrogens with zero attached hydrogens (tertiary/aromatic N) is 1. The number of halogens is 3. The minimum Gasteiger partial charge on any atom is -0.366 e. The van der Waals surface area contributed by atoms with Crippen molar-refractivity contribution in [1.82, 2.24) is 4.98 Å². The summed E-state index contributed by atoms with van der Waals surface area (Å²) in [6.45, 7) is 0. The van der Waals surface area contributed by atoms with Crippen molar-refractivity contribution in [3.63, 3.8) is 0 Å². The minimum atomic E-state index is -4.52. The highest BCUT2D eigenvalue weighted by Gasteiger charge is 2.26. The molecule has 0 aliphatic rings. The van der Waals surface area contributed by atoms with Gasteiger partial charge in [0.05, 0.1) is 0 Å². The fraction of sp³-hybridized carbons (Fsp3) is 0.0625. The van der Waals surface area contributed by atoms with Crippen LogP contribution in [0.3, 0.4) is 0 Å². The summed E-state index contributed by atoms with van der Waals surface area (Å²) in [6, 6.07) is 7.16. The number of aromatic nitrogens is 1. The Hall–Kier alpha value is -2.63. The zero-order valence-corrected chi connectivity index (χ0v) is 15.1. The van der Waals surface area contributed by atoms with Crippen LogP contribution in [0.2, 0.25) is 0 Å². The highest BCUT2D eigenvalue weighted by molar-refractivity contribution is 7.93. The Balaban J connectivity index is 1.88. The molecule has 3 rings (SSSR count). The van der Waals surface area contributed by atoms with E-state index in [9.17, 15) is 21.6 Å². The van der Waals surface area contributed by atoms with Crippen molar-refractivity contribution in [1.29, 1.82) is 0 Å². The number of benzene rings is 2. The zero-order chi connectivity index (χ0) is 19.6. The van der Waals surface area contributed by atoms with E-state index >= 15 is 0 Å². The lowest BCUT2D eigenvalue weighted by atomic mass is 10.1. The van der Waals surface area contributed by atoms with Crippen LogP contribution in [0.4, 0.5) is 24.0 Å². The van der Waals surface area contributed by atoms with Crippen LogP contribution in [0.1, 0.15) is 11.7 Å². The highest BCUT2D eigenvalue weighted by atomic mass is 32.2. The van der Waals surface area contributed by atoms with Crippen molar-refractivity contribution in [2.45, 2.75) is 11.1 Å². The smallest absolute Gasteiger partial charge is 0.269 e. The van der Waals surface area contributed by atoms with Crippen LogP contribution in [-0.2, 0) is 10.0 Å². The van der Waals surface area contributed by atoms with Gasteiger partial charge in [-0.05, 0) is 18.2 Å². The highest BCUT2D eigenvalue weighted by Crippen LogP contribution is 2.27. The van der Waals surface area contributed by atoms with Gasteiger partial charge < -0.3 is 11.1 Å². The monoisotopic (exact) mass is 414 g/mol.